The molecule has 1 heterocycles. The van der Waals surface area contributed by atoms with E-state index in [0.29, 0.717) is 23.9 Å². The van der Waals surface area contributed by atoms with Crippen molar-refractivity contribution >= 4 is 11.8 Å². The highest BCUT2D eigenvalue weighted by atomic mass is 19.4. The van der Waals surface area contributed by atoms with Gasteiger partial charge in [0.05, 0.1) is 0 Å². The smallest absolute Gasteiger partial charge is 0.354 e. The molecular formula is C11H14F6N4. The third-order valence-electron chi connectivity index (χ3n) is 2.34. The van der Waals surface area contributed by atoms with Crippen molar-refractivity contribution in [3.63, 3.8) is 0 Å². The third-order valence-corrected chi connectivity index (χ3v) is 2.34. The van der Waals surface area contributed by atoms with Gasteiger partial charge in [0.25, 0.3) is 0 Å². The zero-order valence-corrected chi connectivity index (χ0v) is 11.3. The van der Waals surface area contributed by atoms with Crippen LogP contribution in [0.1, 0.15) is 19.0 Å². The van der Waals surface area contributed by atoms with Gasteiger partial charge >= 0.3 is 12.4 Å². The lowest BCUT2D eigenvalue weighted by atomic mass is 10.3. The van der Waals surface area contributed by atoms with Gasteiger partial charge in [-0.15, -0.1) is 0 Å². The fourth-order valence-electron chi connectivity index (χ4n) is 1.44. The van der Waals surface area contributed by atoms with Crippen LogP contribution >= 0.6 is 0 Å². The number of hydrogen-bond acceptors (Lipinski definition) is 4. The van der Waals surface area contributed by atoms with E-state index in [-0.39, 0.29) is 5.95 Å². The maximum absolute atomic E-state index is 12.7. The van der Waals surface area contributed by atoms with Crippen molar-refractivity contribution in [1.82, 2.24) is 9.97 Å². The van der Waals surface area contributed by atoms with Crippen LogP contribution in [0, 0.1) is 0 Å². The predicted molar refractivity (Wildman–Crippen MR) is 65.1 cm³/mol. The summed E-state index contributed by atoms with van der Waals surface area (Å²) in [7, 11) is 1.01. The Hall–Kier alpha value is -1.74. The first kappa shape index (κ1) is 17.3. The summed E-state index contributed by atoms with van der Waals surface area (Å²) in [5.41, 5.74) is -1.29. The van der Waals surface area contributed by atoms with Crippen molar-refractivity contribution in [2.24, 2.45) is 0 Å². The summed E-state index contributed by atoms with van der Waals surface area (Å²) in [6, 6.07) is 0.489. The molecule has 0 spiro atoms. The molecule has 0 amide bonds. The van der Waals surface area contributed by atoms with Crippen LogP contribution in [0.4, 0.5) is 38.1 Å². The quantitative estimate of drug-likeness (QED) is 0.846. The molecule has 0 saturated heterocycles. The van der Waals surface area contributed by atoms with Crippen LogP contribution in [-0.4, -0.2) is 36.3 Å². The number of nitrogens with zero attached hydrogens (tertiary/aromatic N) is 3. The molecule has 0 atom stereocenters. The number of anilines is 2. The molecule has 4 nitrogen and oxygen atoms in total. The van der Waals surface area contributed by atoms with Gasteiger partial charge in [-0.2, -0.15) is 31.3 Å². The summed E-state index contributed by atoms with van der Waals surface area (Å²) >= 11 is 0. The minimum Gasteiger partial charge on any atom is -0.354 e. The fraction of sp³-hybridized carbons (Fsp3) is 0.636. The minimum atomic E-state index is -4.76. The molecule has 1 aromatic rings. The molecule has 0 fully saturated rings. The molecule has 0 unspecified atom stereocenters. The topological polar surface area (TPSA) is 41.1 Å². The van der Waals surface area contributed by atoms with E-state index in [0.717, 1.165) is 7.05 Å². The van der Waals surface area contributed by atoms with E-state index in [2.05, 4.69) is 15.3 Å². The van der Waals surface area contributed by atoms with Crippen molar-refractivity contribution in [1.29, 1.82) is 0 Å². The average Bonchev–Trinajstić information content (AvgIpc) is 2.33. The molecule has 1 N–H and O–H groups in total. The first-order chi connectivity index (χ1) is 9.53. The van der Waals surface area contributed by atoms with E-state index in [1.165, 1.54) is 0 Å². The molecule has 0 aliphatic rings. The number of hydrogen-bond donors (Lipinski definition) is 1. The summed E-state index contributed by atoms with van der Waals surface area (Å²) in [6.45, 7) is 0.676. The average molecular weight is 316 g/mol. The summed E-state index contributed by atoms with van der Waals surface area (Å²) in [5.74, 6) is -0.802. The van der Waals surface area contributed by atoms with Crippen LogP contribution in [0.5, 0.6) is 0 Å². The number of nitrogens with one attached hydrogen (secondary N) is 1. The summed E-state index contributed by atoms with van der Waals surface area (Å²) in [4.78, 5) is 7.53. The van der Waals surface area contributed by atoms with Crippen molar-refractivity contribution in [2.75, 3.05) is 30.4 Å². The number of halogens is 6. The molecule has 1 aromatic heterocycles. The SMILES string of the molecule is CCCNc1nc(N(C)CC(F)(F)F)cc(C(F)(F)F)n1. The van der Waals surface area contributed by atoms with Crippen LogP contribution in [0.15, 0.2) is 6.07 Å². The van der Waals surface area contributed by atoms with Gasteiger partial charge in [0.1, 0.15) is 12.4 Å². The molecule has 0 aromatic carbocycles. The Morgan fingerprint density at radius 1 is 1.14 bits per heavy atom. The number of alkyl halides is 6. The second-order valence-corrected chi connectivity index (χ2v) is 4.33. The standard InChI is InChI=1S/C11H14F6N4/c1-3-4-18-9-19-7(11(15,16)17)5-8(20-9)21(2)6-10(12,13)14/h5H,3-4,6H2,1-2H3,(H,18,19,20). The van der Waals surface area contributed by atoms with Gasteiger partial charge in [-0.1, -0.05) is 6.92 Å². The van der Waals surface area contributed by atoms with E-state index < -0.39 is 30.4 Å². The lowest BCUT2D eigenvalue weighted by Crippen LogP contribution is -2.32. The Bertz CT molecular complexity index is 471. The van der Waals surface area contributed by atoms with Crippen molar-refractivity contribution < 1.29 is 26.3 Å². The molecule has 1 rings (SSSR count). The highest BCUT2D eigenvalue weighted by molar-refractivity contribution is 5.45. The maximum Gasteiger partial charge on any atom is 0.433 e. The van der Waals surface area contributed by atoms with Crippen LogP contribution in [-0.2, 0) is 6.18 Å². The molecule has 0 saturated carbocycles. The van der Waals surface area contributed by atoms with Gasteiger partial charge in [-0.3, -0.25) is 0 Å². The zero-order chi connectivity index (χ0) is 16.3. The van der Waals surface area contributed by atoms with Crippen LogP contribution in [0.25, 0.3) is 0 Å². The van der Waals surface area contributed by atoms with E-state index in [4.69, 9.17) is 0 Å². The van der Waals surface area contributed by atoms with Gasteiger partial charge in [-0.05, 0) is 6.42 Å². The molecule has 0 aliphatic heterocycles. The first-order valence-electron chi connectivity index (χ1n) is 6.01. The summed E-state index contributed by atoms with van der Waals surface area (Å²) < 4.78 is 75.1. The predicted octanol–water partition coefficient (Wildman–Crippen LogP) is 3.32. The van der Waals surface area contributed by atoms with Gasteiger partial charge in [-0.25, -0.2) is 4.98 Å². The van der Waals surface area contributed by atoms with Gasteiger partial charge < -0.3 is 10.2 Å². The fourth-order valence-corrected chi connectivity index (χ4v) is 1.44. The lowest BCUT2D eigenvalue weighted by Gasteiger charge is -2.21. The molecule has 0 aliphatic carbocycles. The van der Waals surface area contributed by atoms with Crippen molar-refractivity contribution in [3.05, 3.63) is 11.8 Å². The van der Waals surface area contributed by atoms with Crippen LogP contribution in [0.3, 0.4) is 0 Å². The maximum atomic E-state index is 12.7. The highest BCUT2D eigenvalue weighted by Crippen LogP contribution is 2.31. The van der Waals surface area contributed by atoms with Crippen molar-refractivity contribution in [2.45, 2.75) is 25.7 Å². The number of aromatic nitrogens is 2. The van der Waals surface area contributed by atoms with Crippen LogP contribution in [0.2, 0.25) is 0 Å². The molecule has 0 bridgehead atoms. The Balaban J connectivity index is 3.12. The van der Waals surface area contributed by atoms with E-state index in [9.17, 15) is 26.3 Å². The second kappa shape index (κ2) is 6.35. The van der Waals surface area contributed by atoms with Crippen molar-refractivity contribution in [3.8, 4) is 0 Å². The second-order valence-electron chi connectivity index (χ2n) is 4.33. The largest absolute Gasteiger partial charge is 0.433 e. The van der Waals surface area contributed by atoms with E-state index >= 15 is 0 Å². The Morgan fingerprint density at radius 2 is 1.76 bits per heavy atom. The number of rotatable bonds is 5. The Labute approximate surface area is 117 Å². The summed E-state index contributed by atoms with van der Waals surface area (Å²) in [5, 5.41) is 2.53. The van der Waals surface area contributed by atoms with Gasteiger partial charge in [0.2, 0.25) is 5.95 Å². The van der Waals surface area contributed by atoms with E-state index in [1.54, 1.807) is 6.92 Å². The molecule has 10 heteroatoms. The Kier molecular flexibility index (Phi) is 5.24. The first-order valence-corrected chi connectivity index (χ1v) is 6.01. The highest BCUT2D eigenvalue weighted by Gasteiger charge is 2.35. The summed E-state index contributed by atoms with van der Waals surface area (Å²) in [6.07, 6.45) is -8.71. The van der Waals surface area contributed by atoms with E-state index in [1.807, 2.05) is 0 Å². The van der Waals surface area contributed by atoms with Gasteiger partial charge in [0.15, 0.2) is 5.69 Å². The minimum absolute atomic E-state index is 0.309. The van der Waals surface area contributed by atoms with Crippen LogP contribution < -0.4 is 10.2 Å². The monoisotopic (exact) mass is 316 g/mol. The normalized spacial score (nSPS) is 12.4. The molecule has 0 radical (unpaired) electrons. The molecule has 120 valence electrons. The van der Waals surface area contributed by atoms with Gasteiger partial charge in [0, 0.05) is 19.7 Å². The lowest BCUT2D eigenvalue weighted by molar-refractivity contribution is -0.141. The molecule has 21 heavy (non-hydrogen) atoms. The zero-order valence-electron chi connectivity index (χ0n) is 11.3. The molecular weight excluding hydrogens is 302 g/mol. The Morgan fingerprint density at radius 3 is 2.24 bits per heavy atom. The third kappa shape index (κ3) is 5.64.